The molecule has 0 bridgehead atoms. The van der Waals surface area contributed by atoms with Crippen LogP contribution in [0.3, 0.4) is 0 Å². The number of anilines is 1. The predicted molar refractivity (Wildman–Crippen MR) is 110 cm³/mol. The first kappa shape index (κ1) is 20.6. The van der Waals surface area contributed by atoms with Crippen LogP contribution in [0.1, 0.15) is 52.4 Å². The number of carbonyl (C=O) groups is 3. The van der Waals surface area contributed by atoms with Gasteiger partial charge in [0, 0.05) is 26.2 Å². The van der Waals surface area contributed by atoms with Gasteiger partial charge in [0.25, 0.3) is 5.91 Å². The quantitative estimate of drug-likeness (QED) is 0.801. The number of aryl methyl sites for hydroxylation is 1. The second kappa shape index (κ2) is 7.35. The monoisotopic (exact) mass is 397 g/mol. The lowest BCUT2D eigenvalue weighted by Gasteiger charge is -2.29. The number of amides is 2. The molecule has 0 saturated carbocycles. The van der Waals surface area contributed by atoms with Gasteiger partial charge in [0.2, 0.25) is 5.91 Å². The Labute approximate surface area is 170 Å². The van der Waals surface area contributed by atoms with Gasteiger partial charge in [-0.2, -0.15) is 5.10 Å². The molecule has 0 radical (unpaired) electrons. The Morgan fingerprint density at radius 1 is 1.28 bits per heavy atom. The van der Waals surface area contributed by atoms with Crippen LogP contribution in [-0.2, 0) is 11.2 Å². The number of rotatable bonds is 5. The fourth-order valence-electron chi connectivity index (χ4n) is 3.71. The summed E-state index contributed by atoms with van der Waals surface area (Å²) in [5, 5.41) is 7.59. The van der Waals surface area contributed by atoms with Crippen LogP contribution in [0.4, 0.5) is 5.69 Å². The summed E-state index contributed by atoms with van der Waals surface area (Å²) in [6.07, 6.45) is 1.21. The molecule has 3 N–H and O–H groups in total. The molecular formula is C21H27N5O3. The summed E-state index contributed by atoms with van der Waals surface area (Å²) >= 11 is 0. The van der Waals surface area contributed by atoms with Crippen molar-refractivity contribution in [3.8, 4) is 5.69 Å². The molecule has 1 aromatic heterocycles. The maximum atomic E-state index is 12.6. The van der Waals surface area contributed by atoms with E-state index in [1.165, 1.54) is 4.90 Å². The molecule has 3 rings (SSSR count). The van der Waals surface area contributed by atoms with Crippen LogP contribution in [0, 0.1) is 12.3 Å². The van der Waals surface area contributed by atoms with Crippen molar-refractivity contribution >= 4 is 23.3 Å². The molecule has 0 saturated heterocycles. The number of hydrogen-bond acceptors (Lipinski definition) is 5. The van der Waals surface area contributed by atoms with Crippen LogP contribution in [0.25, 0.3) is 5.69 Å². The van der Waals surface area contributed by atoms with E-state index in [-0.39, 0.29) is 29.2 Å². The number of nitrogens with zero attached hydrogens (tertiary/aromatic N) is 3. The third-order valence-electron chi connectivity index (χ3n) is 5.16. The normalized spacial score (nSPS) is 15.0. The van der Waals surface area contributed by atoms with Gasteiger partial charge in [-0.3, -0.25) is 14.4 Å². The SMILES string of the molecule is Cc1nn(-c2ccc(C(N)=O)c(NCC(=O)N(C)C)c2)c2c1C(=O)CC(C)(C)C2. The summed E-state index contributed by atoms with van der Waals surface area (Å²) in [6, 6.07) is 5.10. The number of primary amides is 1. The number of ketones is 1. The Morgan fingerprint density at radius 3 is 2.59 bits per heavy atom. The first-order chi connectivity index (χ1) is 13.5. The van der Waals surface area contributed by atoms with Gasteiger partial charge in [-0.05, 0) is 37.0 Å². The Bertz CT molecular complexity index is 1000. The van der Waals surface area contributed by atoms with Gasteiger partial charge in [-0.25, -0.2) is 4.68 Å². The van der Waals surface area contributed by atoms with Crippen molar-refractivity contribution in [2.45, 2.75) is 33.6 Å². The van der Waals surface area contributed by atoms with Crippen molar-refractivity contribution in [1.29, 1.82) is 0 Å². The first-order valence-electron chi connectivity index (χ1n) is 9.50. The lowest BCUT2D eigenvalue weighted by atomic mass is 9.75. The molecule has 1 heterocycles. The number of nitrogens with two attached hydrogens (primary N) is 1. The molecule has 0 atom stereocenters. The number of likely N-dealkylation sites (N-methyl/N-ethyl adjacent to an activating group) is 1. The summed E-state index contributed by atoms with van der Waals surface area (Å²) in [5.74, 6) is -0.625. The Morgan fingerprint density at radius 2 is 1.97 bits per heavy atom. The fraction of sp³-hybridized carbons (Fsp3) is 0.429. The maximum Gasteiger partial charge on any atom is 0.250 e. The Balaban J connectivity index is 2.05. The average Bonchev–Trinajstić information content (AvgIpc) is 2.94. The van der Waals surface area contributed by atoms with Crippen molar-refractivity contribution in [3.05, 3.63) is 40.7 Å². The van der Waals surface area contributed by atoms with E-state index in [4.69, 9.17) is 5.73 Å². The summed E-state index contributed by atoms with van der Waals surface area (Å²) in [7, 11) is 3.32. The minimum absolute atomic E-state index is 0.0263. The zero-order chi connectivity index (χ0) is 21.5. The Kier molecular flexibility index (Phi) is 5.21. The zero-order valence-electron chi connectivity index (χ0n) is 17.5. The second-order valence-corrected chi connectivity index (χ2v) is 8.50. The molecule has 8 nitrogen and oxygen atoms in total. The van der Waals surface area contributed by atoms with Crippen LogP contribution in [-0.4, -0.2) is 52.9 Å². The van der Waals surface area contributed by atoms with E-state index in [1.54, 1.807) is 37.0 Å². The van der Waals surface area contributed by atoms with Crippen LogP contribution in [0.15, 0.2) is 18.2 Å². The van der Waals surface area contributed by atoms with Crippen molar-refractivity contribution in [1.82, 2.24) is 14.7 Å². The van der Waals surface area contributed by atoms with Gasteiger partial charge in [-0.1, -0.05) is 13.8 Å². The third kappa shape index (κ3) is 4.01. The number of carbonyl (C=O) groups excluding carboxylic acids is 3. The highest BCUT2D eigenvalue weighted by Gasteiger charge is 2.35. The van der Waals surface area contributed by atoms with Crippen LogP contribution < -0.4 is 11.1 Å². The Hall–Kier alpha value is -3.16. The van der Waals surface area contributed by atoms with E-state index in [1.807, 2.05) is 6.92 Å². The van der Waals surface area contributed by atoms with Gasteiger partial charge >= 0.3 is 0 Å². The number of nitrogens with one attached hydrogen (secondary N) is 1. The van der Waals surface area contributed by atoms with Gasteiger partial charge in [0.15, 0.2) is 5.78 Å². The predicted octanol–water partition coefficient (Wildman–Crippen LogP) is 1.93. The molecule has 29 heavy (non-hydrogen) atoms. The lowest BCUT2D eigenvalue weighted by molar-refractivity contribution is -0.126. The molecule has 154 valence electrons. The summed E-state index contributed by atoms with van der Waals surface area (Å²) in [6.45, 7) is 5.99. The first-order valence-corrected chi connectivity index (χ1v) is 9.50. The van der Waals surface area contributed by atoms with E-state index >= 15 is 0 Å². The molecule has 1 aliphatic carbocycles. The largest absolute Gasteiger partial charge is 0.375 e. The standard InChI is InChI=1S/C21H27N5O3/c1-12-19-16(9-21(2,3)10-17(19)27)26(24-12)13-6-7-14(20(22)29)15(8-13)23-11-18(28)25(4)5/h6-8,23H,9-11H2,1-5H3,(H2,22,29). The second-order valence-electron chi connectivity index (χ2n) is 8.50. The minimum Gasteiger partial charge on any atom is -0.375 e. The van der Waals surface area contributed by atoms with E-state index < -0.39 is 5.91 Å². The molecule has 0 fully saturated rings. The number of benzene rings is 1. The molecule has 0 aliphatic heterocycles. The fourth-order valence-corrected chi connectivity index (χ4v) is 3.71. The highest BCUT2D eigenvalue weighted by Crippen LogP contribution is 2.37. The summed E-state index contributed by atoms with van der Waals surface area (Å²) in [5.41, 5.74) is 9.02. The number of fused-ring (bicyclic) bond motifs is 1. The van der Waals surface area contributed by atoms with E-state index in [0.29, 0.717) is 35.5 Å². The van der Waals surface area contributed by atoms with Crippen molar-refractivity contribution < 1.29 is 14.4 Å². The van der Waals surface area contributed by atoms with Crippen molar-refractivity contribution in [2.75, 3.05) is 26.0 Å². The molecule has 2 aromatic rings. The zero-order valence-corrected chi connectivity index (χ0v) is 17.5. The number of hydrogen-bond donors (Lipinski definition) is 2. The molecule has 0 spiro atoms. The average molecular weight is 397 g/mol. The lowest BCUT2D eigenvalue weighted by Crippen LogP contribution is -2.29. The van der Waals surface area contributed by atoms with Crippen molar-refractivity contribution in [3.63, 3.8) is 0 Å². The highest BCUT2D eigenvalue weighted by atomic mass is 16.2. The molecule has 0 unspecified atom stereocenters. The van der Waals surface area contributed by atoms with E-state index in [9.17, 15) is 14.4 Å². The highest BCUT2D eigenvalue weighted by molar-refractivity contribution is 6.00. The molecular weight excluding hydrogens is 370 g/mol. The molecule has 8 heteroatoms. The van der Waals surface area contributed by atoms with Crippen molar-refractivity contribution in [2.24, 2.45) is 11.1 Å². The summed E-state index contributed by atoms with van der Waals surface area (Å²) in [4.78, 5) is 37.9. The smallest absolute Gasteiger partial charge is 0.250 e. The van der Waals surface area contributed by atoms with E-state index in [0.717, 1.165) is 5.69 Å². The van der Waals surface area contributed by atoms with Gasteiger partial charge in [0.05, 0.1) is 34.7 Å². The van der Waals surface area contributed by atoms with Gasteiger partial charge < -0.3 is 16.0 Å². The van der Waals surface area contributed by atoms with Gasteiger partial charge in [0.1, 0.15) is 0 Å². The topological polar surface area (TPSA) is 110 Å². The molecule has 2 amide bonds. The van der Waals surface area contributed by atoms with Gasteiger partial charge in [-0.15, -0.1) is 0 Å². The summed E-state index contributed by atoms with van der Waals surface area (Å²) < 4.78 is 1.76. The third-order valence-corrected chi connectivity index (χ3v) is 5.16. The van der Waals surface area contributed by atoms with Crippen LogP contribution in [0.2, 0.25) is 0 Å². The van der Waals surface area contributed by atoms with E-state index in [2.05, 4.69) is 24.3 Å². The van der Waals surface area contributed by atoms with Crippen LogP contribution >= 0.6 is 0 Å². The number of aromatic nitrogens is 2. The molecule has 1 aromatic carbocycles. The van der Waals surface area contributed by atoms with Crippen LogP contribution in [0.5, 0.6) is 0 Å². The maximum absolute atomic E-state index is 12.6. The minimum atomic E-state index is -0.591. The molecule has 1 aliphatic rings. The number of Topliss-reactive ketones (excluding diaryl/α,β-unsaturated/α-hetero) is 1.